The molecule has 2 rings (SSSR count). The third-order valence-corrected chi connectivity index (χ3v) is 3.41. The average Bonchev–Trinajstić information content (AvgIpc) is 2.12. The van der Waals surface area contributed by atoms with Gasteiger partial charge in [-0.25, -0.2) is 8.42 Å². The molecule has 0 spiro atoms. The Balaban J connectivity index is 2.85. The van der Waals surface area contributed by atoms with Crippen LogP contribution in [0.15, 0.2) is 23.1 Å². The van der Waals surface area contributed by atoms with Gasteiger partial charge in [0.05, 0.1) is 15.5 Å². The predicted octanol–water partition coefficient (Wildman–Crippen LogP) is 1.29. The molecule has 4 nitrogen and oxygen atoms in total. The van der Waals surface area contributed by atoms with E-state index in [4.69, 9.17) is 11.6 Å². The smallest absolute Gasteiger partial charge is 0.262 e. The van der Waals surface area contributed by atoms with E-state index in [0.29, 0.717) is 0 Å². The van der Waals surface area contributed by atoms with Crippen molar-refractivity contribution >= 4 is 27.4 Å². The van der Waals surface area contributed by atoms with E-state index in [1.807, 2.05) is 4.72 Å². The third-order valence-electron chi connectivity index (χ3n) is 1.81. The summed E-state index contributed by atoms with van der Waals surface area (Å²) in [5, 5.41) is 9.55. The minimum absolute atomic E-state index is 0.0405. The Bertz CT molecular complexity index is 521. The molecule has 2 N–H and O–H groups in total. The number of aliphatic hydroxyl groups is 1. The first-order chi connectivity index (χ1) is 6.52. The van der Waals surface area contributed by atoms with Crippen LogP contribution in [-0.4, -0.2) is 13.5 Å². The molecule has 0 aromatic heterocycles. The van der Waals surface area contributed by atoms with Gasteiger partial charge in [0, 0.05) is 0 Å². The lowest BCUT2D eigenvalue weighted by atomic mass is 10.2. The maximum Gasteiger partial charge on any atom is 0.262 e. The zero-order valence-corrected chi connectivity index (χ0v) is 8.35. The van der Waals surface area contributed by atoms with E-state index in [-0.39, 0.29) is 21.2 Å². The Morgan fingerprint density at radius 2 is 2.14 bits per heavy atom. The highest BCUT2D eigenvalue weighted by Gasteiger charge is 2.26. The summed E-state index contributed by atoms with van der Waals surface area (Å²) in [5.41, 5.74) is 0.0907. The van der Waals surface area contributed by atoms with E-state index < -0.39 is 10.0 Å². The van der Waals surface area contributed by atoms with E-state index in [1.165, 1.54) is 18.2 Å². The van der Waals surface area contributed by atoms with E-state index in [9.17, 15) is 13.5 Å². The lowest BCUT2D eigenvalue weighted by Gasteiger charge is -2.15. The van der Waals surface area contributed by atoms with Crippen molar-refractivity contribution in [2.75, 3.05) is 0 Å². The first kappa shape index (κ1) is 9.36. The molecular weight excluding hydrogens is 226 g/mol. The largest absolute Gasteiger partial charge is 0.505 e. The van der Waals surface area contributed by atoms with Crippen molar-refractivity contribution in [2.24, 2.45) is 0 Å². The normalized spacial score (nSPS) is 17.9. The highest BCUT2D eigenvalue weighted by molar-refractivity contribution is 7.89. The molecule has 0 saturated carbocycles. The first-order valence-electron chi connectivity index (χ1n) is 3.65. The number of hydrogen-bond donors (Lipinski definition) is 2. The Kier molecular flexibility index (Phi) is 1.94. The molecule has 0 fully saturated rings. The molecule has 1 aromatic carbocycles. The van der Waals surface area contributed by atoms with Crippen LogP contribution in [0.4, 0.5) is 0 Å². The number of halogens is 1. The van der Waals surface area contributed by atoms with Crippen LogP contribution in [0.3, 0.4) is 0 Å². The lowest BCUT2D eigenvalue weighted by molar-refractivity contribution is 0.499. The number of rotatable bonds is 0. The van der Waals surface area contributed by atoms with E-state index in [2.05, 4.69) is 6.20 Å². The van der Waals surface area contributed by atoms with Gasteiger partial charge < -0.3 is 5.11 Å². The van der Waals surface area contributed by atoms with Crippen LogP contribution in [0.5, 0.6) is 0 Å². The van der Waals surface area contributed by atoms with Crippen LogP contribution in [0.25, 0.3) is 5.76 Å². The Morgan fingerprint density at radius 3 is 2.79 bits per heavy atom. The number of aliphatic hydroxyl groups excluding tert-OH is 1. The van der Waals surface area contributed by atoms with Crippen LogP contribution in [0.1, 0.15) is 5.56 Å². The molecule has 0 aliphatic carbocycles. The summed E-state index contributed by atoms with van der Waals surface area (Å²) >= 11 is 5.75. The molecule has 1 aliphatic rings. The zero-order chi connectivity index (χ0) is 10.3. The first-order valence-corrected chi connectivity index (χ1v) is 5.51. The Hall–Kier alpha value is -1.20. The van der Waals surface area contributed by atoms with Gasteiger partial charge in [0.25, 0.3) is 10.0 Å². The van der Waals surface area contributed by atoms with Crippen molar-refractivity contribution in [3.05, 3.63) is 35.0 Å². The van der Waals surface area contributed by atoms with Crippen LogP contribution in [-0.2, 0) is 10.0 Å². The second-order valence-electron chi connectivity index (χ2n) is 2.69. The summed E-state index contributed by atoms with van der Waals surface area (Å²) in [5.74, 6) is -0.305. The summed E-state index contributed by atoms with van der Waals surface area (Å²) in [6.07, 6.45) is 2.12. The van der Waals surface area contributed by atoms with Gasteiger partial charge in [0.1, 0.15) is 6.20 Å². The minimum Gasteiger partial charge on any atom is -0.505 e. The maximum absolute atomic E-state index is 11.4. The second kappa shape index (κ2) is 2.90. The molecular formula is C8H5ClNO3S. The number of fused-ring (bicyclic) bond motifs is 1. The summed E-state index contributed by atoms with van der Waals surface area (Å²) in [6, 6.07) is 4.36. The third kappa shape index (κ3) is 1.25. The van der Waals surface area contributed by atoms with Gasteiger partial charge in [-0.15, -0.1) is 0 Å². The number of hydrogen-bond acceptors (Lipinski definition) is 3. The van der Waals surface area contributed by atoms with Crippen molar-refractivity contribution in [3.8, 4) is 0 Å². The van der Waals surface area contributed by atoms with Crippen molar-refractivity contribution in [1.29, 1.82) is 0 Å². The fourth-order valence-electron chi connectivity index (χ4n) is 1.19. The Labute approximate surface area is 85.9 Å². The highest BCUT2D eigenvalue weighted by Crippen LogP contribution is 2.31. The van der Waals surface area contributed by atoms with Gasteiger partial charge >= 0.3 is 0 Å². The fourth-order valence-corrected chi connectivity index (χ4v) is 2.59. The van der Waals surface area contributed by atoms with Crippen LogP contribution in [0.2, 0.25) is 5.02 Å². The molecule has 1 aromatic rings. The van der Waals surface area contributed by atoms with Crippen LogP contribution >= 0.6 is 11.6 Å². The van der Waals surface area contributed by atoms with Crippen LogP contribution < -0.4 is 4.72 Å². The molecule has 73 valence electrons. The monoisotopic (exact) mass is 230 g/mol. The average molecular weight is 231 g/mol. The maximum atomic E-state index is 11.4. The highest BCUT2D eigenvalue weighted by atomic mass is 35.5. The molecule has 0 amide bonds. The van der Waals surface area contributed by atoms with Gasteiger partial charge in [-0.1, -0.05) is 17.7 Å². The molecule has 1 radical (unpaired) electrons. The van der Waals surface area contributed by atoms with Gasteiger partial charge in [-0.2, -0.15) is 0 Å². The van der Waals surface area contributed by atoms with Crippen molar-refractivity contribution in [1.82, 2.24) is 4.72 Å². The molecule has 0 unspecified atom stereocenters. The van der Waals surface area contributed by atoms with Crippen LogP contribution in [0, 0.1) is 6.20 Å². The predicted molar refractivity (Wildman–Crippen MR) is 51.1 cm³/mol. The summed E-state index contributed by atoms with van der Waals surface area (Å²) in [7, 11) is -3.62. The molecule has 0 saturated heterocycles. The molecule has 1 heterocycles. The van der Waals surface area contributed by atoms with E-state index in [1.54, 1.807) is 0 Å². The molecule has 0 atom stereocenters. The fraction of sp³-hybridized carbons (Fsp3) is 0. The Morgan fingerprint density at radius 1 is 1.43 bits per heavy atom. The zero-order valence-electron chi connectivity index (χ0n) is 6.78. The summed E-state index contributed by atoms with van der Waals surface area (Å²) in [4.78, 5) is -0.0405. The second-order valence-corrected chi connectivity index (χ2v) is 4.75. The molecule has 0 bridgehead atoms. The van der Waals surface area contributed by atoms with Crippen molar-refractivity contribution in [2.45, 2.75) is 4.90 Å². The van der Waals surface area contributed by atoms with Gasteiger partial charge in [0.2, 0.25) is 0 Å². The topological polar surface area (TPSA) is 66.4 Å². The number of nitrogens with one attached hydrogen (secondary N) is 1. The van der Waals surface area contributed by atoms with Gasteiger partial charge in [0.15, 0.2) is 5.76 Å². The molecule has 6 heteroatoms. The van der Waals surface area contributed by atoms with E-state index in [0.717, 1.165) is 0 Å². The van der Waals surface area contributed by atoms with E-state index >= 15 is 0 Å². The molecule has 14 heavy (non-hydrogen) atoms. The van der Waals surface area contributed by atoms with Gasteiger partial charge in [-0.05, 0) is 12.1 Å². The lowest BCUT2D eigenvalue weighted by Crippen LogP contribution is -2.24. The quantitative estimate of drug-likeness (QED) is 0.706. The molecule has 1 aliphatic heterocycles. The standard InChI is InChI=1S/C8H5ClNO3S/c9-5-2-1-3-7-8(5)6(11)4-10-14(7,12)13/h1-3,10-11H. The number of sulfonamides is 1. The summed E-state index contributed by atoms with van der Waals surface area (Å²) < 4.78 is 24.8. The summed E-state index contributed by atoms with van der Waals surface area (Å²) in [6.45, 7) is 0. The minimum atomic E-state index is -3.62. The van der Waals surface area contributed by atoms with Gasteiger partial charge in [-0.3, -0.25) is 4.72 Å². The SMILES string of the molecule is O=S1(=O)N[C]=C(O)c2c(Cl)cccc21. The van der Waals surface area contributed by atoms with Crippen molar-refractivity contribution in [3.63, 3.8) is 0 Å². The van der Waals surface area contributed by atoms with Crippen molar-refractivity contribution < 1.29 is 13.5 Å². The number of benzene rings is 1.